The van der Waals surface area contributed by atoms with Gasteiger partial charge in [-0.15, -0.1) is 0 Å². The molecule has 4 atom stereocenters. The monoisotopic (exact) mass is 295 g/mol. The van der Waals surface area contributed by atoms with Crippen LogP contribution in [0.4, 0.5) is 0 Å². The van der Waals surface area contributed by atoms with Crippen molar-refractivity contribution in [2.24, 2.45) is 23.0 Å². The summed E-state index contributed by atoms with van der Waals surface area (Å²) in [7, 11) is 0. The summed E-state index contributed by atoms with van der Waals surface area (Å²) in [5.41, 5.74) is 6.43. The lowest BCUT2D eigenvalue weighted by atomic mass is 9.65. The number of carbonyl (C=O) groups is 1. The molecule has 0 radical (unpaired) electrons. The minimum absolute atomic E-state index is 0.0127. The third kappa shape index (κ3) is 3.42. The van der Waals surface area contributed by atoms with Crippen LogP contribution in [0.15, 0.2) is 0 Å². The van der Waals surface area contributed by atoms with Crippen molar-refractivity contribution in [1.82, 2.24) is 10.2 Å². The van der Waals surface area contributed by atoms with Crippen LogP contribution in [-0.2, 0) is 4.79 Å². The van der Waals surface area contributed by atoms with Crippen LogP contribution in [-0.4, -0.2) is 42.5 Å². The minimum atomic E-state index is -0.0127. The fourth-order valence-electron chi connectivity index (χ4n) is 4.14. The number of hydrogen-bond acceptors (Lipinski definition) is 3. The average Bonchev–Trinajstić information content (AvgIpc) is 2.49. The molecule has 21 heavy (non-hydrogen) atoms. The maximum atomic E-state index is 12.0. The van der Waals surface area contributed by atoms with E-state index in [9.17, 15) is 4.79 Å². The Kier molecular flexibility index (Phi) is 5.31. The van der Waals surface area contributed by atoms with Crippen molar-refractivity contribution >= 4 is 5.91 Å². The quantitative estimate of drug-likeness (QED) is 0.834. The number of nitrogens with two attached hydrogens (primary N) is 1. The Hall–Kier alpha value is -0.610. The maximum Gasteiger partial charge on any atom is 0.237 e. The predicted octanol–water partition coefficient (Wildman–Crippen LogP) is 1.99. The second-order valence-corrected chi connectivity index (χ2v) is 7.62. The molecule has 4 unspecified atom stereocenters. The molecule has 1 amide bonds. The van der Waals surface area contributed by atoms with Gasteiger partial charge in [0.25, 0.3) is 0 Å². The fraction of sp³-hybridized carbons (Fsp3) is 0.941. The number of nitrogens with one attached hydrogen (secondary N) is 1. The fourth-order valence-corrected chi connectivity index (χ4v) is 4.14. The van der Waals surface area contributed by atoms with Gasteiger partial charge in [0.1, 0.15) is 0 Å². The average molecular weight is 295 g/mol. The summed E-state index contributed by atoms with van der Waals surface area (Å²) < 4.78 is 0. The Morgan fingerprint density at radius 1 is 1.38 bits per heavy atom. The lowest BCUT2D eigenvalue weighted by Crippen LogP contribution is -2.60. The van der Waals surface area contributed by atoms with Crippen LogP contribution in [0.2, 0.25) is 0 Å². The molecule has 0 bridgehead atoms. The zero-order valence-electron chi connectivity index (χ0n) is 14.2. The molecular weight excluding hydrogens is 262 g/mol. The Labute approximate surface area is 129 Å². The van der Waals surface area contributed by atoms with Crippen molar-refractivity contribution in [2.45, 2.75) is 65.5 Å². The van der Waals surface area contributed by atoms with E-state index in [-0.39, 0.29) is 11.9 Å². The van der Waals surface area contributed by atoms with Gasteiger partial charge in [0.2, 0.25) is 5.91 Å². The van der Waals surface area contributed by atoms with Crippen molar-refractivity contribution in [2.75, 3.05) is 19.6 Å². The highest BCUT2D eigenvalue weighted by atomic mass is 16.2. The standard InChI is InChI=1S/C17H33N3O/c1-5-17(3,4)14-7-6-13(11-18)15(10-14)20-9-8-19-16(21)12(20)2/h12-15H,5-11,18H2,1-4H3,(H,19,21). The lowest BCUT2D eigenvalue weighted by molar-refractivity contribution is -0.131. The highest BCUT2D eigenvalue weighted by molar-refractivity contribution is 5.82. The van der Waals surface area contributed by atoms with E-state index in [1.54, 1.807) is 0 Å². The van der Waals surface area contributed by atoms with Crippen LogP contribution in [0.1, 0.15) is 53.4 Å². The molecule has 1 saturated carbocycles. The van der Waals surface area contributed by atoms with Crippen LogP contribution in [0.5, 0.6) is 0 Å². The van der Waals surface area contributed by atoms with E-state index in [1.807, 2.05) is 6.92 Å². The first kappa shape index (κ1) is 16.8. The summed E-state index contributed by atoms with van der Waals surface area (Å²) >= 11 is 0. The van der Waals surface area contributed by atoms with Crippen LogP contribution >= 0.6 is 0 Å². The summed E-state index contributed by atoms with van der Waals surface area (Å²) in [5.74, 6) is 1.46. The van der Waals surface area contributed by atoms with Crippen molar-refractivity contribution in [3.8, 4) is 0 Å². The lowest BCUT2D eigenvalue weighted by Gasteiger charge is -2.49. The van der Waals surface area contributed by atoms with Gasteiger partial charge in [-0.3, -0.25) is 9.69 Å². The van der Waals surface area contributed by atoms with E-state index in [0.717, 1.165) is 25.6 Å². The van der Waals surface area contributed by atoms with E-state index in [2.05, 4.69) is 31.0 Å². The van der Waals surface area contributed by atoms with Gasteiger partial charge in [-0.25, -0.2) is 0 Å². The summed E-state index contributed by atoms with van der Waals surface area (Å²) in [4.78, 5) is 14.4. The smallest absolute Gasteiger partial charge is 0.237 e. The first-order valence-corrected chi connectivity index (χ1v) is 8.64. The Bertz CT molecular complexity index is 369. The van der Waals surface area contributed by atoms with Crippen LogP contribution < -0.4 is 11.1 Å². The molecule has 0 spiro atoms. The van der Waals surface area contributed by atoms with Crippen molar-refractivity contribution in [3.05, 3.63) is 0 Å². The van der Waals surface area contributed by atoms with E-state index in [4.69, 9.17) is 5.73 Å². The molecule has 2 rings (SSSR count). The van der Waals surface area contributed by atoms with Crippen LogP contribution in [0.3, 0.4) is 0 Å². The van der Waals surface area contributed by atoms with Gasteiger partial charge in [-0.05, 0) is 50.0 Å². The molecule has 4 heteroatoms. The van der Waals surface area contributed by atoms with Crippen LogP contribution in [0, 0.1) is 17.3 Å². The first-order valence-electron chi connectivity index (χ1n) is 8.64. The van der Waals surface area contributed by atoms with E-state index >= 15 is 0 Å². The number of piperazine rings is 1. The molecular formula is C17H33N3O. The van der Waals surface area contributed by atoms with E-state index in [0.29, 0.717) is 17.4 Å². The predicted molar refractivity (Wildman–Crippen MR) is 86.9 cm³/mol. The van der Waals surface area contributed by atoms with Gasteiger partial charge in [0.05, 0.1) is 6.04 Å². The normalized spacial score (nSPS) is 35.6. The third-order valence-corrected chi connectivity index (χ3v) is 6.25. The molecule has 1 aliphatic heterocycles. The molecule has 1 heterocycles. The SMILES string of the molecule is CCC(C)(C)C1CCC(CN)C(N2CCNC(=O)C2C)C1. The van der Waals surface area contributed by atoms with Crippen molar-refractivity contribution in [1.29, 1.82) is 0 Å². The molecule has 0 aromatic carbocycles. The highest BCUT2D eigenvalue weighted by Crippen LogP contribution is 2.43. The van der Waals surface area contributed by atoms with Crippen molar-refractivity contribution in [3.63, 3.8) is 0 Å². The summed E-state index contributed by atoms with van der Waals surface area (Å²) in [6.07, 6.45) is 4.90. The number of nitrogens with zero attached hydrogens (tertiary/aromatic N) is 1. The molecule has 2 fully saturated rings. The zero-order valence-corrected chi connectivity index (χ0v) is 14.2. The first-order chi connectivity index (χ1) is 9.90. The number of carbonyl (C=O) groups excluding carboxylic acids is 1. The number of hydrogen-bond donors (Lipinski definition) is 2. The van der Waals surface area contributed by atoms with Crippen molar-refractivity contribution < 1.29 is 4.79 Å². The molecule has 1 aliphatic carbocycles. The largest absolute Gasteiger partial charge is 0.353 e. The van der Waals surface area contributed by atoms with Gasteiger partial charge in [0.15, 0.2) is 0 Å². The molecule has 122 valence electrons. The topological polar surface area (TPSA) is 58.4 Å². The van der Waals surface area contributed by atoms with Gasteiger partial charge in [-0.1, -0.05) is 27.2 Å². The second-order valence-electron chi connectivity index (χ2n) is 7.62. The number of amides is 1. The van der Waals surface area contributed by atoms with Gasteiger partial charge in [0, 0.05) is 19.1 Å². The molecule has 1 saturated heterocycles. The molecule has 2 aliphatic rings. The minimum Gasteiger partial charge on any atom is -0.353 e. The van der Waals surface area contributed by atoms with Gasteiger partial charge >= 0.3 is 0 Å². The molecule has 4 nitrogen and oxygen atoms in total. The summed E-state index contributed by atoms with van der Waals surface area (Å²) in [5, 5.41) is 2.97. The second kappa shape index (κ2) is 6.66. The zero-order chi connectivity index (χ0) is 15.6. The van der Waals surface area contributed by atoms with Gasteiger partial charge in [-0.2, -0.15) is 0 Å². The number of rotatable bonds is 4. The molecule has 3 N–H and O–H groups in total. The van der Waals surface area contributed by atoms with Gasteiger partial charge < -0.3 is 11.1 Å². The third-order valence-electron chi connectivity index (χ3n) is 6.25. The Morgan fingerprint density at radius 3 is 2.71 bits per heavy atom. The Morgan fingerprint density at radius 2 is 2.10 bits per heavy atom. The molecule has 0 aromatic heterocycles. The van der Waals surface area contributed by atoms with E-state index in [1.165, 1.54) is 25.7 Å². The summed E-state index contributed by atoms with van der Waals surface area (Å²) in [6.45, 7) is 11.6. The van der Waals surface area contributed by atoms with Crippen LogP contribution in [0.25, 0.3) is 0 Å². The highest BCUT2D eigenvalue weighted by Gasteiger charge is 2.42. The Balaban J connectivity index is 2.15. The molecule has 0 aromatic rings. The maximum absolute atomic E-state index is 12.0. The van der Waals surface area contributed by atoms with E-state index < -0.39 is 0 Å². The summed E-state index contributed by atoms with van der Waals surface area (Å²) in [6, 6.07) is 0.460.